The zero-order valence-corrected chi connectivity index (χ0v) is 13.7. The molecule has 0 aromatic heterocycles. The SMILES string of the molecule is CCNC1CCC(C(C)C)CC1Oc1cccc(C)c1F. The summed E-state index contributed by atoms with van der Waals surface area (Å²) >= 11 is 0. The van der Waals surface area contributed by atoms with Gasteiger partial charge in [-0.15, -0.1) is 0 Å². The fourth-order valence-electron chi connectivity index (χ4n) is 3.27. The lowest BCUT2D eigenvalue weighted by Crippen LogP contribution is -2.47. The van der Waals surface area contributed by atoms with Crippen molar-refractivity contribution in [2.75, 3.05) is 6.54 Å². The number of hydrogen-bond acceptors (Lipinski definition) is 2. The molecule has 0 saturated heterocycles. The Morgan fingerprint density at radius 3 is 2.76 bits per heavy atom. The zero-order valence-electron chi connectivity index (χ0n) is 13.7. The van der Waals surface area contributed by atoms with Gasteiger partial charge in [-0.2, -0.15) is 0 Å². The van der Waals surface area contributed by atoms with Crippen molar-refractivity contribution in [2.24, 2.45) is 11.8 Å². The van der Waals surface area contributed by atoms with Crippen molar-refractivity contribution >= 4 is 0 Å². The Hall–Kier alpha value is -1.09. The fourth-order valence-corrected chi connectivity index (χ4v) is 3.27. The molecule has 1 aliphatic rings. The Morgan fingerprint density at radius 1 is 1.33 bits per heavy atom. The molecule has 2 rings (SSSR count). The van der Waals surface area contributed by atoms with E-state index < -0.39 is 0 Å². The number of nitrogens with one attached hydrogen (secondary N) is 1. The first kappa shape index (κ1) is 16.3. The second-order valence-corrected chi connectivity index (χ2v) is 6.52. The summed E-state index contributed by atoms with van der Waals surface area (Å²) in [6.45, 7) is 9.35. The molecule has 0 heterocycles. The largest absolute Gasteiger partial charge is 0.486 e. The normalized spacial score (nSPS) is 26.1. The van der Waals surface area contributed by atoms with E-state index in [2.05, 4.69) is 26.1 Å². The van der Waals surface area contributed by atoms with Crippen LogP contribution in [0.15, 0.2) is 18.2 Å². The van der Waals surface area contributed by atoms with Crippen LogP contribution in [-0.2, 0) is 0 Å². The minimum absolute atomic E-state index is 0.0578. The average Bonchev–Trinajstić information content (AvgIpc) is 2.45. The van der Waals surface area contributed by atoms with E-state index >= 15 is 0 Å². The molecule has 3 heteroatoms. The lowest BCUT2D eigenvalue weighted by Gasteiger charge is -2.38. The molecule has 1 N–H and O–H groups in total. The van der Waals surface area contributed by atoms with Crippen molar-refractivity contribution < 1.29 is 9.13 Å². The second kappa shape index (κ2) is 7.26. The molecular weight excluding hydrogens is 265 g/mol. The highest BCUT2D eigenvalue weighted by Crippen LogP contribution is 2.33. The average molecular weight is 293 g/mol. The Balaban J connectivity index is 2.13. The molecule has 0 amide bonds. The monoisotopic (exact) mass is 293 g/mol. The lowest BCUT2D eigenvalue weighted by molar-refractivity contribution is 0.0693. The van der Waals surface area contributed by atoms with Gasteiger partial charge < -0.3 is 10.1 Å². The number of likely N-dealkylation sites (N-methyl/N-ethyl adjacent to an activating group) is 1. The van der Waals surface area contributed by atoms with Crippen LogP contribution in [0.4, 0.5) is 4.39 Å². The molecule has 2 nitrogen and oxygen atoms in total. The van der Waals surface area contributed by atoms with Gasteiger partial charge in [-0.25, -0.2) is 4.39 Å². The van der Waals surface area contributed by atoms with Crippen molar-refractivity contribution in [3.8, 4) is 5.75 Å². The highest BCUT2D eigenvalue weighted by molar-refractivity contribution is 5.30. The highest BCUT2D eigenvalue weighted by atomic mass is 19.1. The first-order valence-electron chi connectivity index (χ1n) is 8.18. The van der Waals surface area contributed by atoms with Gasteiger partial charge in [0, 0.05) is 6.04 Å². The number of hydrogen-bond donors (Lipinski definition) is 1. The van der Waals surface area contributed by atoms with Gasteiger partial charge >= 0.3 is 0 Å². The molecule has 1 aromatic carbocycles. The first-order chi connectivity index (χ1) is 10.0. The summed E-state index contributed by atoms with van der Waals surface area (Å²) < 4.78 is 20.3. The Kier molecular flexibility index (Phi) is 5.63. The minimum atomic E-state index is -0.223. The molecule has 0 bridgehead atoms. The molecule has 0 spiro atoms. The molecular formula is C18H28FNO. The van der Waals surface area contributed by atoms with E-state index in [-0.39, 0.29) is 11.9 Å². The van der Waals surface area contributed by atoms with Crippen molar-refractivity contribution in [1.29, 1.82) is 0 Å². The Morgan fingerprint density at radius 2 is 2.10 bits per heavy atom. The van der Waals surface area contributed by atoms with E-state index in [4.69, 9.17) is 4.74 Å². The fraction of sp³-hybridized carbons (Fsp3) is 0.667. The molecule has 1 fully saturated rings. The molecule has 0 aliphatic heterocycles. The van der Waals surface area contributed by atoms with Gasteiger partial charge in [0.2, 0.25) is 0 Å². The zero-order chi connectivity index (χ0) is 15.4. The number of benzene rings is 1. The van der Waals surface area contributed by atoms with E-state index in [1.54, 1.807) is 19.1 Å². The smallest absolute Gasteiger partial charge is 0.167 e. The number of aryl methyl sites for hydroxylation is 1. The first-order valence-corrected chi connectivity index (χ1v) is 8.18. The molecule has 118 valence electrons. The maximum atomic E-state index is 14.2. The second-order valence-electron chi connectivity index (χ2n) is 6.52. The predicted molar refractivity (Wildman–Crippen MR) is 85.2 cm³/mol. The van der Waals surface area contributed by atoms with Crippen molar-refractivity contribution in [3.63, 3.8) is 0 Å². The molecule has 1 aromatic rings. The summed E-state index contributed by atoms with van der Waals surface area (Å²) in [6.07, 6.45) is 3.39. The maximum Gasteiger partial charge on any atom is 0.167 e. The maximum absolute atomic E-state index is 14.2. The Labute approximate surface area is 128 Å². The molecule has 1 aliphatic carbocycles. The summed E-state index contributed by atoms with van der Waals surface area (Å²) in [7, 11) is 0. The van der Waals surface area contributed by atoms with Crippen LogP contribution in [0.1, 0.15) is 45.6 Å². The van der Waals surface area contributed by atoms with Crippen LogP contribution in [0, 0.1) is 24.6 Å². The van der Waals surface area contributed by atoms with Crippen LogP contribution in [0.2, 0.25) is 0 Å². The van der Waals surface area contributed by atoms with Gasteiger partial charge in [0.15, 0.2) is 11.6 Å². The van der Waals surface area contributed by atoms with Gasteiger partial charge in [0.25, 0.3) is 0 Å². The number of halogens is 1. The third-order valence-corrected chi connectivity index (χ3v) is 4.68. The molecule has 21 heavy (non-hydrogen) atoms. The van der Waals surface area contributed by atoms with Crippen LogP contribution >= 0.6 is 0 Å². The quantitative estimate of drug-likeness (QED) is 0.873. The molecule has 0 radical (unpaired) electrons. The van der Waals surface area contributed by atoms with E-state index in [0.717, 1.165) is 19.4 Å². The molecule has 1 saturated carbocycles. The number of ether oxygens (including phenoxy) is 1. The summed E-state index contributed by atoms with van der Waals surface area (Å²) in [5.74, 6) is 1.49. The van der Waals surface area contributed by atoms with Crippen molar-refractivity contribution in [1.82, 2.24) is 5.32 Å². The van der Waals surface area contributed by atoms with E-state index in [1.807, 2.05) is 6.07 Å². The molecule has 3 unspecified atom stereocenters. The summed E-state index contributed by atoms with van der Waals surface area (Å²) in [6, 6.07) is 5.70. The third-order valence-electron chi connectivity index (χ3n) is 4.68. The van der Waals surface area contributed by atoms with E-state index in [1.165, 1.54) is 6.42 Å². The van der Waals surface area contributed by atoms with Gasteiger partial charge in [-0.3, -0.25) is 0 Å². The summed E-state index contributed by atoms with van der Waals surface area (Å²) in [5, 5.41) is 3.50. The Bertz CT molecular complexity index is 461. The van der Waals surface area contributed by atoms with Crippen molar-refractivity contribution in [2.45, 2.75) is 59.1 Å². The van der Waals surface area contributed by atoms with Gasteiger partial charge in [-0.05, 0) is 56.2 Å². The van der Waals surface area contributed by atoms with Crippen LogP contribution in [0.3, 0.4) is 0 Å². The summed E-state index contributed by atoms with van der Waals surface area (Å²) in [5.41, 5.74) is 0.642. The lowest BCUT2D eigenvalue weighted by atomic mass is 9.78. The van der Waals surface area contributed by atoms with Gasteiger partial charge in [-0.1, -0.05) is 32.9 Å². The van der Waals surface area contributed by atoms with E-state index in [0.29, 0.717) is 29.2 Å². The van der Waals surface area contributed by atoms with Crippen LogP contribution in [-0.4, -0.2) is 18.7 Å². The third kappa shape index (κ3) is 3.97. The summed E-state index contributed by atoms with van der Waals surface area (Å²) in [4.78, 5) is 0. The van der Waals surface area contributed by atoms with Crippen molar-refractivity contribution in [3.05, 3.63) is 29.6 Å². The van der Waals surface area contributed by atoms with Gasteiger partial charge in [0.1, 0.15) is 6.10 Å². The van der Waals surface area contributed by atoms with Crippen LogP contribution in [0.25, 0.3) is 0 Å². The van der Waals surface area contributed by atoms with Crippen LogP contribution < -0.4 is 10.1 Å². The standard InChI is InChI=1S/C18H28FNO/c1-5-20-15-10-9-14(12(2)3)11-17(15)21-16-8-6-7-13(4)18(16)19/h6-8,12,14-15,17,20H,5,9-11H2,1-4H3. The van der Waals surface area contributed by atoms with Gasteiger partial charge in [0.05, 0.1) is 0 Å². The van der Waals surface area contributed by atoms with E-state index in [9.17, 15) is 4.39 Å². The number of rotatable bonds is 5. The minimum Gasteiger partial charge on any atom is -0.486 e. The molecule has 3 atom stereocenters. The van der Waals surface area contributed by atoms with Crippen LogP contribution in [0.5, 0.6) is 5.75 Å². The predicted octanol–water partition coefficient (Wildman–Crippen LogP) is 4.32. The highest BCUT2D eigenvalue weighted by Gasteiger charge is 2.33. The topological polar surface area (TPSA) is 21.3 Å².